The van der Waals surface area contributed by atoms with Crippen LogP contribution in [0.5, 0.6) is 5.75 Å². The fraction of sp³-hybridized carbons (Fsp3) is 0.231. The van der Waals surface area contributed by atoms with Gasteiger partial charge in [0.05, 0.1) is 19.1 Å². The van der Waals surface area contributed by atoms with Crippen LogP contribution in [0.25, 0.3) is 0 Å². The molecule has 4 atom stereocenters. The van der Waals surface area contributed by atoms with Crippen molar-refractivity contribution in [1.82, 2.24) is 9.96 Å². The van der Waals surface area contributed by atoms with E-state index in [4.69, 9.17) is 9.57 Å². The van der Waals surface area contributed by atoms with Gasteiger partial charge in [-0.05, 0) is 41.5 Å². The van der Waals surface area contributed by atoms with Crippen LogP contribution in [0.3, 0.4) is 0 Å². The number of ether oxygens (including phenoxy) is 1. The first-order valence-electron chi connectivity index (χ1n) is 10.9. The Morgan fingerprint density at radius 3 is 2.27 bits per heavy atom. The van der Waals surface area contributed by atoms with Gasteiger partial charge in [0.25, 0.3) is 5.91 Å². The summed E-state index contributed by atoms with van der Waals surface area (Å²) in [5.41, 5.74) is 3.90. The molecule has 6 rings (SSSR count). The van der Waals surface area contributed by atoms with E-state index < -0.39 is 12.0 Å². The summed E-state index contributed by atoms with van der Waals surface area (Å²) in [6, 6.07) is 25.6. The normalized spacial score (nSPS) is 26.2. The average molecular weight is 441 g/mol. The number of methoxy groups -OCH3 is 1. The van der Waals surface area contributed by atoms with Crippen LogP contribution in [0.15, 0.2) is 78.9 Å². The van der Waals surface area contributed by atoms with Crippen LogP contribution in [-0.2, 0) is 14.4 Å². The lowest BCUT2D eigenvalue weighted by atomic mass is 9.86. The summed E-state index contributed by atoms with van der Waals surface area (Å²) >= 11 is 0. The predicted molar refractivity (Wildman–Crippen MR) is 121 cm³/mol. The van der Waals surface area contributed by atoms with E-state index in [1.165, 1.54) is 11.9 Å². The smallest absolute Gasteiger partial charge is 0.261 e. The average Bonchev–Trinajstić information content (AvgIpc) is 3.36. The highest BCUT2D eigenvalue weighted by Gasteiger charge is 2.62. The summed E-state index contributed by atoms with van der Waals surface area (Å²) in [7, 11) is 3.17. The number of carbonyl (C=O) groups excluding carboxylic acids is 2. The Labute approximate surface area is 191 Å². The van der Waals surface area contributed by atoms with Crippen LogP contribution in [0, 0.1) is 5.92 Å². The summed E-state index contributed by atoms with van der Waals surface area (Å²) in [5, 5.41) is 1.85. The molecule has 0 bridgehead atoms. The molecule has 7 heteroatoms. The van der Waals surface area contributed by atoms with Crippen LogP contribution in [0.4, 0.5) is 11.4 Å². The molecule has 3 aliphatic rings. The number of benzene rings is 3. The standard InChI is InChI=1S/C26H23N3O4/c1-27-25(30)21-22-19-10-6-7-11-20(19)28(17-12-14-18(32-2)15-13-17)24(16-8-4-3-5-9-16)29(22)33-23(21)26(27)31/h3-15,21-24H,1-2H3/t21-,22+,23+,24-/m1/s1. The van der Waals surface area contributed by atoms with Crippen molar-refractivity contribution in [3.8, 4) is 5.75 Å². The maximum absolute atomic E-state index is 13.1. The number of amides is 2. The minimum atomic E-state index is -0.817. The molecule has 3 heterocycles. The quantitative estimate of drug-likeness (QED) is 0.576. The van der Waals surface area contributed by atoms with Crippen molar-refractivity contribution < 1.29 is 19.2 Å². The Kier molecular flexibility index (Phi) is 4.50. The number of nitrogens with zero attached hydrogens (tertiary/aromatic N) is 3. The number of rotatable bonds is 3. The Bertz CT molecular complexity index is 1230. The molecule has 0 radical (unpaired) electrons. The van der Waals surface area contributed by atoms with Gasteiger partial charge < -0.3 is 9.64 Å². The van der Waals surface area contributed by atoms with Gasteiger partial charge in [-0.25, -0.2) is 0 Å². The summed E-state index contributed by atoms with van der Waals surface area (Å²) in [6.45, 7) is 0. The van der Waals surface area contributed by atoms with Crippen molar-refractivity contribution in [2.45, 2.75) is 18.3 Å². The summed E-state index contributed by atoms with van der Waals surface area (Å²) in [5.74, 6) is -0.297. The molecule has 2 fully saturated rings. The van der Waals surface area contributed by atoms with Gasteiger partial charge in [-0.3, -0.25) is 19.3 Å². The maximum atomic E-state index is 13.1. The number of hydrogen-bond donors (Lipinski definition) is 0. The van der Waals surface area contributed by atoms with E-state index in [0.717, 1.165) is 28.3 Å². The van der Waals surface area contributed by atoms with Gasteiger partial charge >= 0.3 is 0 Å². The second kappa shape index (κ2) is 7.43. The van der Waals surface area contributed by atoms with Crippen molar-refractivity contribution in [1.29, 1.82) is 0 Å². The first kappa shape index (κ1) is 20.0. The van der Waals surface area contributed by atoms with E-state index >= 15 is 0 Å². The van der Waals surface area contributed by atoms with Crippen LogP contribution in [0.2, 0.25) is 0 Å². The SMILES string of the molecule is COc1ccc(N2c3ccccc3[C@H]3[C@H]4C(=O)N(C)C(=O)[C@H]4ON3[C@@H]2c2ccccc2)cc1. The predicted octanol–water partition coefficient (Wildman–Crippen LogP) is 3.82. The minimum Gasteiger partial charge on any atom is -0.497 e. The molecule has 0 unspecified atom stereocenters. The lowest BCUT2D eigenvalue weighted by Crippen LogP contribution is -2.45. The molecule has 2 amide bonds. The molecule has 166 valence electrons. The molecule has 33 heavy (non-hydrogen) atoms. The Morgan fingerprint density at radius 1 is 0.848 bits per heavy atom. The third-order valence-electron chi connectivity index (χ3n) is 6.81. The van der Waals surface area contributed by atoms with Gasteiger partial charge in [-0.1, -0.05) is 48.5 Å². The van der Waals surface area contributed by atoms with E-state index in [9.17, 15) is 9.59 Å². The monoisotopic (exact) mass is 441 g/mol. The zero-order valence-corrected chi connectivity index (χ0v) is 18.3. The number of carbonyl (C=O) groups is 2. The molecular formula is C26H23N3O4. The molecule has 2 saturated heterocycles. The van der Waals surface area contributed by atoms with Crippen LogP contribution < -0.4 is 9.64 Å². The minimum absolute atomic E-state index is 0.197. The topological polar surface area (TPSA) is 62.3 Å². The van der Waals surface area contributed by atoms with Gasteiger partial charge in [-0.15, -0.1) is 0 Å². The fourth-order valence-electron chi connectivity index (χ4n) is 5.26. The van der Waals surface area contributed by atoms with E-state index in [2.05, 4.69) is 11.0 Å². The molecule has 7 nitrogen and oxygen atoms in total. The molecule has 0 N–H and O–H groups in total. The van der Waals surface area contributed by atoms with Crippen molar-refractivity contribution in [3.05, 3.63) is 90.0 Å². The lowest BCUT2D eigenvalue weighted by molar-refractivity contribution is -0.200. The van der Waals surface area contributed by atoms with Gasteiger partial charge in [0.2, 0.25) is 5.91 Å². The zero-order chi connectivity index (χ0) is 22.7. The highest BCUT2D eigenvalue weighted by Crippen LogP contribution is 2.56. The number of hydrogen-bond acceptors (Lipinski definition) is 6. The highest BCUT2D eigenvalue weighted by atomic mass is 16.7. The van der Waals surface area contributed by atoms with Gasteiger partial charge in [0.1, 0.15) is 11.9 Å². The van der Waals surface area contributed by atoms with Crippen molar-refractivity contribution in [2.75, 3.05) is 19.1 Å². The van der Waals surface area contributed by atoms with Crippen LogP contribution in [-0.4, -0.2) is 42.0 Å². The highest BCUT2D eigenvalue weighted by molar-refractivity contribution is 6.07. The fourth-order valence-corrected chi connectivity index (χ4v) is 5.26. The van der Waals surface area contributed by atoms with E-state index in [1.807, 2.05) is 77.9 Å². The Balaban J connectivity index is 1.57. The molecule has 0 spiro atoms. The zero-order valence-electron chi connectivity index (χ0n) is 18.3. The number of fused-ring (bicyclic) bond motifs is 5. The molecule has 0 aromatic heterocycles. The van der Waals surface area contributed by atoms with E-state index in [0.29, 0.717) is 0 Å². The molecule has 0 aliphatic carbocycles. The third kappa shape index (κ3) is 2.83. The molecule has 3 aromatic rings. The van der Waals surface area contributed by atoms with Crippen molar-refractivity contribution in [3.63, 3.8) is 0 Å². The maximum Gasteiger partial charge on any atom is 0.261 e. The largest absolute Gasteiger partial charge is 0.497 e. The number of para-hydroxylation sites is 1. The Hall–Kier alpha value is -3.68. The number of likely N-dealkylation sites (N-methyl/N-ethyl adjacent to an activating group) is 1. The summed E-state index contributed by atoms with van der Waals surface area (Å²) in [4.78, 5) is 35.7. The second-order valence-electron chi connectivity index (χ2n) is 8.50. The van der Waals surface area contributed by atoms with E-state index in [1.54, 1.807) is 7.11 Å². The second-order valence-corrected chi connectivity index (χ2v) is 8.50. The summed E-state index contributed by atoms with van der Waals surface area (Å²) < 4.78 is 5.36. The lowest BCUT2D eigenvalue weighted by Gasteiger charge is -2.47. The molecule has 3 aliphatic heterocycles. The van der Waals surface area contributed by atoms with Crippen molar-refractivity contribution in [2.24, 2.45) is 5.92 Å². The first-order valence-corrected chi connectivity index (χ1v) is 10.9. The number of imide groups is 1. The number of hydroxylamine groups is 2. The van der Waals surface area contributed by atoms with Crippen LogP contribution in [0.1, 0.15) is 23.3 Å². The van der Waals surface area contributed by atoms with Gasteiger partial charge in [0.15, 0.2) is 6.10 Å². The van der Waals surface area contributed by atoms with Gasteiger partial charge in [0, 0.05) is 18.4 Å². The Morgan fingerprint density at radius 2 is 1.55 bits per heavy atom. The molecule has 3 aromatic carbocycles. The molecule has 0 saturated carbocycles. The van der Waals surface area contributed by atoms with Crippen LogP contribution >= 0.6 is 0 Å². The third-order valence-corrected chi connectivity index (χ3v) is 6.81. The van der Waals surface area contributed by atoms with Gasteiger partial charge in [-0.2, -0.15) is 5.06 Å². The van der Waals surface area contributed by atoms with E-state index in [-0.39, 0.29) is 24.0 Å². The number of likely N-dealkylation sites (tertiary alicyclic amines) is 1. The number of anilines is 2. The summed E-state index contributed by atoms with van der Waals surface area (Å²) in [6.07, 6.45) is -1.18. The molecular weight excluding hydrogens is 418 g/mol. The van der Waals surface area contributed by atoms with Crippen molar-refractivity contribution >= 4 is 23.2 Å². The first-order chi connectivity index (χ1) is 16.1.